The molecule has 0 radical (unpaired) electrons. The summed E-state index contributed by atoms with van der Waals surface area (Å²) in [6.45, 7) is 2.24. The number of nitrogens with one attached hydrogen (secondary N) is 1. The Kier molecular flexibility index (Phi) is 10.7. The van der Waals surface area contributed by atoms with Crippen molar-refractivity contribution in [2.45, 2.75) is 77.2 Å². The fourth-order valence-corrected chi connectivity index (χ4v) is 3.58. The van der Waals surface area contributed by atoms with Crippen LogP contribution in [0.2, 0.25) is 0 Å². The van der Waals surface area contributed by atoms with Gasteiger partial charge >= 0.3 is 5.97 Å². The summed E-state index contributed by atoms with van der Waals surface area (Å²) in [6, 6.07) is 15.9. The lowest BCUT2D eigenvalue weighted by Gasteiger charge is -2.15. The van der Waals surface area contributed by atoms with Crippen molar-refractivity contribution < 1.29 is 14.7 Å². The predicted octanol–water partition coefficient (Wildman–Crippen LogP) is 5.80. The molecule has 0 aromatic heterocycles. The highest BCUT2D eigenvalue weighted by Gasteiger charge is 2.21. The fourth-order valence-electron chi connectivity index (χ4n) is 3.58. The largest absolute Gasteiger partial charge is 0.480 e. The monoisotopic (exact) mass is 409 g/mol. The summed E-state index contributed by atoms with van der Waals surface area (Å²) in [5, 5.41) is 12.1. The Labute approximate surface area is 180 Å². The van der Waals surface area contributed by atoms with Gasteiger partial charge in [-0.05, 0) is 36.1 Å². The molecule has 0 unspecified atom stereocenters. The summed E-state index contributed by atoms with van der Waals surface area (Å²) in [5.74, 6) is -1.38. The third-order valence-electron chi connectivity index (χ3n) is 5.42. The highest BCUT2D eigenvalue weighted by Crippen LogP contribution is 2.13. The minimum absolute atomic E-state index is 0.262. The van der Waals surface area contributed by atoms with Crippen molar-refractivity contribution in [3.8, 4) is 0 Å². The van der Waals surface area contributed by atoms with Crippen molar-refractivity contribution in [2.75, 3.05) is 0 Å². The highest BCUT2D eigenvalue weighted by molar-refractivity contribution is 5.96. The summed E-state index contributed by atoms with van der Waals surface area (Å²) >= 11 is 0. The molecule has 2 rings (SSSR count). The molecular formula is C26H35NO3. The standard InChI is InChI=1S/C26H35NO3/c1-2-3-4-5-6-7-8-10-13-21-16-18-23(19-17-21)25(28)27-24(26(29)30)20-22-14-11-9-12-15-22/h9,11-12,14-19,24H,2-8,10,13,20H2,1H3,(H,27,28)(H,29,30)/t24-/m0/s1. The molecule has 1 amide bonds. The van der Waals surface area contributed by atoms with Crippen molar-refractivity contribution in [3.63, 3.8) is 0 Å². The molecule has 0 saturated carbocycles. The van der Waals surface area contributed by atoms with E-state index in [0.29, 0.717) is 5.56 Å². The van der Waals surface area contributed by atoms with Gasteiger partial charge in [-0.15, -0.1) is 0 Å². The fraction of sp³-hybridized carbons (Fsp3) is 0.462. The van der Waals surface area contributed by atoms with Gasteiger partial charge in [0.1, 0.15) is 6.04 Å². The lowest BCUT2D eigenvalue weighted by atomic mass is 10.0. The topological polar surface area (TPSA) is 66.4 Å². The number of hydrogen-bond donors (Lipinski definition) is 2. The molecule has 0 aliphatic heterocycles. The average molecular weight is 410 g/mol. The number of hydrogen-bond acceptors (Lipinski definition) is 2. The van der Waals surface area contributed by atoms with Crippen LogP contribution in [0.25, 0.3) is 0 Å². The van der Waals surface area contributed by atoms with Gasteiger partial charge in [-0.3, -0.25) is 4.79 Å². The molecule has 4 nitrogen and oxygen atoms in total. The minimum Gasteiger partial charge on any atom is -0.480 e. The van der Waals surface area contributed by atoms with Crippen LogP contribution in [-0.4, -0.2) is 23.0 Å². The molecule has 0 heterocycles. The molecule has 0 aliphatic rings. The van der Waals surface area contributed by atoms with E-state index in [1.54, 1.807) is 12.1 Å². The van der Waals surface area contributed by atoms with E-state index < -0.39 is 12.0 Å². The van der Waals surface area contributed by atoms with Crippen molar-refractivity contribution >= 4 is 11.9 Å². The predicted molar refractivity (Wildman–Crippen MR) is 122 cm³/mol. The lowest BCUT2D eigenvalue weighted by molar-refractivity contribution is -0.139. The third kappa shape index (κ3) is 8.81. The molecule has 4 heteroatoms. The first kappa shape index (κ1) is 23.7. The second-order valence-corrected chi connectivity index (χ2v) is 7.98. The second kappa shape index (κ2) is 13.6. The van der Waals surface area contributed by atoms with Crippen LogP contribution >= 0.6 is 0 Å². The number of carbonyl (C=O) groups excluding carboxylic acids is 1. The van der Waals surface area contributed by atoms with E-state index in [9.17, 15) is 14.7 Å². The number of amides is 1. The van der Waals surface area contributed by atoms with Gasteiger partial charge in [-0.25, -0.2) is 4.79 Å². The first-order valence-electron chi connectivity index (χ1n) is 11.3. The highest BCUT2D eigenvalue weighted by atomic mass is 16.4. The minimum atomic E-state index is -1.03. The van der Waals surface area contributed by atoms with E-state index in [1.807, 2.05) is 42.5 Å². The van der Waals surface area contributed by atoms with Crippen LogP contribution in [0.5, 0.6) is 0 Å². The van der Waals surface area contributed by atoms with Crippen LogP contribution < -0.4 is 5.32 Å². The van der Waals surface area contributed by atoms with Crippen LogP contribution in [0.15, 0.2) is 54.6 Å². The molecule has 0 spiro atoms. The summed E-state index contributed by atoms with van der Waals surface area (Å²) < 4.78 is 0. The smallest absolute Gasteiger partial charge is 0.326 e. The molecule has 0 fully saturated rings. The molecule has 0 aliphatic carbocycles. The number of carbonyl (C=O) groups is 2. The number of rotatable bonds is 14. The number of carboxylic acid groups (broad SMARTS) is 1. The average Bonchev–Trinajstić information content (AvgIpc) is 2.76. The normalized spacial score (nSPS) is 11.8. The van der Waals surface area contributed by atoms with Gasteiger partial charge in [-0.1, -0.05) is 94.3 Å². The molecule has 2 aromatic carbocycles. The van der Waals surface area contributed by atoms with Gasteiger partial charge in [0.05, 0.1) is 0 Å². The number of unbranched alkanes of at least 4 members (excludes halogenated alkanes) is 7. The van der Waals surface area contributed by atoms with Gasteiger partial charge in [0.15, 0.2) is 0 Å². The van der Waals surface area contributed by atoms with Gasteiger partial charge in [0, 0.05) is 12.0 Å². The number of carboxylic acids is 1. The van der Waals surface area contributed by atoms with Crippen molar-refractivity contribution in [1.29, 1.82) is 0 Å². The van der Waals surface area contributed by atoms with Gasteiger partial charge in [0.2, 0.25) is 0 Å². The Morgan fingerprint density at radius 1 is 0.800 bits per heavy atom. The number of benzene rings is 2. The number of aryl methyl sites for hydroxylation is 1. The van der Waals surface area contributed by atoms with Crippen molar-refractivity contribution in [3.05, 3.63) is 71.3 Å². The van der Waals surface area contributed by atoms with Crippen LogP contribution in [-0.2, 0) is 17.6 Å². The molecule has 2 N–H and O–H groups in total. The van der Waals surface area contributed by atoms with E-state index in [2.05, 4.69) is 12.2 Å². The Bertz CT molecular complexity index is 756. The van der Waals surface area contributed by atoms with Crippen molar-refractivity contribution in [2.24, 2.45) is 0 Å². The molecule has 162 valence electrons. The zero-order chi connectivity index (χ0) is 21.6. The lowest BCUT2D eigenvalue weighted by Crippen LogP contribution is -2.42. The van der Waals surface area contributed by atoms with Crippen molar-refractivity contribution in [1.82, 2.24) is 5.32 Å². The van der Waals surface area contributed by atoms with Gasteiger partial charge in [0.25, 0.3) is 5.91 Å². The summed E-state index contributed by atoms with van der Waals surface area (Å²) in [5.41, 5.74) is 2.59. The van der Waals surface area contributed by atoms with E-state index >= 15 is 0 Å². The Morgan fingerprint density at radius 3 is 2.00 bits per heavy atom. The van der Waals surface area contributed by atoms with Crippen LogP contribution in [0.1, 0.15) is 79.8 Å². The van der Waals surface area contributed by atoms with E-state index in [4.69, 9.17) is 0 Å². The van der Waals surface area contributed by atoms with Gasteiger partial charge in [-0.2, -0.15) is 0 Å². The first-order valence-corrected chi connectivity index (χ1v) is 11.3. The molecular weight excluding hydrogens is 374 g/mol. The van der Waals surface area contributed by atoms with E-state index in [1.165, 1.54) is 50.5 Å². The van der Waals surface area contributed by atoms with Crippen LogP contribution in [0.4, 0.5) is 0 Å². The molecule has 0 bridgehead atoms. The van der Waals surface area contributed by atoms with Crippen LogP contribution in [0, 0.1) is 0 Å². The SMILES string of the molecule is CCCCCCCCCCc1ccc(C(=O)N[C@@H](Cc2ccccc2)C(=O)O)cc1. The first-order chi connectivity index (χ1) is 14.6. The second-order valence-electron chi connectivity index (χ2n) is 7.98. The Hall–Kier alpha value is -2.62. The number of aliphatic carboxylic acids is 1. The molecule has 0 saturated heterocycles. The Morgan fingerprint density at radius 2 is 1.40 bits per heavy atom. The summed E-state index contributed by atoms with van der Waals surface area (Å²) in [4.78, 5) is 24.0. The molecule has 1 atom stereocenters. The zero-order valence-corrected chi connectivity index (χ0v) is 18.1. The van der Waals surface area contributed by atoms with Crippen LogP contribution in [0.3, 0.4) is 0 Å². The zero-order valence-electron chi connectivity index (χ0n) is 18.1. The van der Waals surface area contributed by atoms with Gasteiger partial charge < -0.3 is 10.4 Å². The Balaban J connectivity index is 1.76. The third-order valence-corrected chi connectivity index (χ3v) is 5.42. The molecule has 2 aromatic rings. The maximum Gasteiger partial charge on any atom is 0.326 e. The van der Waals surface area contributed by atoms with E-state index in [0.717, 1.165) is 18.4 Å². The van der Waals surface area contributed by atoms with E-state index in [-0.39, 0.29) is 12.3 Å². The maximum atomic E-state index is 12.5. The summed E-state index contributed by atoms with van der Waals surface area (Å²) in [6.07, 6.45) is 11.6. The maximum absolute atomic E-state index is 12.5. The summed E-state index contributed by atoms with van der Waals surface area (Å²) in [7, 11) is 0. The molecule has 30 heavy (non-hydrogen) atoms. The quantitative estimate of drug-likeness (QED) is 0.388.